The predicted octanol–water partition coefficient (Wildman–Crippen LogP) is -4.10. The van der Waals surface area contributed by atoms with E-state index in [1.807, 2.05) is 0 Å². The predicted molar refractivity (Wildman–Crippen MR) is 263 cm³/mol. The van der Waals surface area contributed by atoms with Gasteiger partial charge in [0.05, 0.1) is 19.8 Å². The molecule has 12 N–H and O–H groups in total. The van der Waals surface area contributed by atoms with Crippen molar-refractivity contribution in [2.24, 2.45) is 0 Å². The monoisotopic (exact) mass is 1140 g/mol. The number of hydrogen-bond donors (Lipinski definition) is 12. The Kier molecular flexibility index (Phi) is 27.8. The van der Waals surface area contributed by atoms with Crippen LogP contribution in [0.5, 0.6) is 0 Å². The summed E-state index contributed by atoms with van der Waals surface area (Å²) in [5.74, 6) is -3.95. The van der Waals surface area contributed by atoms with Gasteiger partial charge in [-0.15, -0.1) is 0 Å². The zero-order valence-electron chi connectivity index (χ0n) is 44.2. The van der Waals surface area contributed by atoms with E-state index >= 15 is 0 Å². The molecule has 0 saturated carbocycles. The minimum Gasteiger partial charge on any atom is -0.726 e. The maximum atomic E-state index is 13.3. The minimum atomic E-state index is -5.41. The highest BCUT2D eigenvalue weighted by atomic mass is 32.3. The average molecular weight is 1140 g/mol. The van der Waals surface area contributed by atoms with Crippen LogP contribution >= 0.6 is 0 Å². The van der Waals surface area contributed by atoms with Crippen molar-refractivity contribution >= 4 is 40.0 Å². The van der Waals surface area contributed by atoms with Crippen molar-refractivity contribution in [3.63, 3.8) is 0 Å². The first-order valence-electron chi connectivity index (χ1n) is 26.0. The van der Waals surface area contributed by atoms with Gasteiger partial charge in [0.1, 0.15) is 104 Å². The van der Waals surface area contributed by atoms with E-state index in [9.17, 15) is 77.8 Å². The second-order valence-electron chi connectivity index (χ2n) is 19.4. The van der Waals surface area contributed by atoms with E-state index in [4.69, 9.17) is 37.9 Å². The Hall–Kier alpha value is -3.90. The lowest BCUT2D eigenvalue weighted by Gasteiger charge is -2.51. The second-order valence-corrected chi connectivity index (χ2v) is 20.4. The van der Waals surface area contributed by atoms with Gasteiger partial charge in [-0.25, -0.2) is 8.42 Å². The SMILES string of the molecule is CCCCCC/C=C\CCCCC/C=C/C(=O)NC1[C@H](O[C@H]2C(O)C(NC(C)=O)[C@H](O[C@@H]3C(CO)O[C@@H](O[C@H]4C(O)C(NC(C)=O)[C@H](O)O[C@H]4COS(=O)(=O)[O-])C(NC(C)=O)[C@H]3O)O[C@H]2CO)OC(COC(C)=O)[C@@H](O)[C@@H]1O. The summed E-state index contributed by atoms with van der Waals surface area (Å²) >= 11 is 0. The van der Waals surface area contributed by atoms with Gasteiger partial charge in [0.2, 0.25) is 34.0 Å². The fourth-order valence-electron chi connectivity index (χ4n) is 9.29. The number of carbonyl (C=O) groups excluding carboxylic acids is 5. The van der Waals surface area contributed by atoms with E-state index in [-0.39, 0.29) is 0 Å². The van der Waals surface area contributed by atoms with Gasteiger partial charge in [0.25, 0.3) is 0 Å². The van der Waals surface area contributed by atoms with Crippen LogP contribution in [0.3, 0.4) is 0 Å². The van der Waals surface area contributed by atoms with Crippen LogP contribution in [0.2, 0.25) is 0 Å². The number of esters is 1. The van der Waals surface area contributed by atoms with Crippen LogP contribution in [0.25, 0.3) is 0 Å². The van der Waals surface area contributed by atoms with Crippen LogP contribution in [0.1, 0.15) is 98.8 Å². The Bertz CT molecular complexity index is 2070. The summed E-state index contributed by atoms with van der Waals surface area (Å²) in [6.45, 7) is 2.51. The molecule has 30 heteroatoms. The van der Waals surface area contributed by atoms with Gasteiger partial charge in [0, 0.05) is 27.7 Å². The van der Waals surface area contributed by atoms with Crippen molar-refractivity contribution in [3.8, 4) is 0 Å². The Morgan fingerprint density at radius 1 is 0.526 bits per heavy atom. The number of hydrogen-bond acceptors (Lipinski definition) is 25. The third kappa shape index (κ3) is 20.3. The quantitative estimate of drug-likeness (QED) is 0.00846. The highest BCUT2D eigenvalue weighted by Gasteiger charge is 2.56. The number of allylic oxidation sites excluding steroid dienone is 3. The number of unbranched alkanes of at least 4 members (excludes halogenated alkanes) is 8. The molecule has 0 aromatic rings. The molecule has 78 heavy (non-hydrogen) atoms. The number of aliphatic hydroxyl groups excluding tert-OH is 8. The number of nitrogens with one attached hydrogen (secondary N) is 4. The molecule has 29 nitrogen and oxygen atoms in total. The first kappa shape index (κ1) is 66.6. The molecule has 0 aromatic carbocycles. The minimum absolute atomic E-state index is 0.539. The van der Waals surface area contributed by atoms with Crippen LogP contribution in [-0.2, 0) is 76.4 Å². The smallest absolute Gasteiger partial charge is 0.302 e. The molecular formula is C48H79N4O25S-. The highest BCUT2D eigenvalue weighted by molar-refractivity contribution is 7.80. The van der Waals surface area contributed by atoms with Crippen LogP contribution in [-0.4, -0.2) is 232 Å². The molecule has 4 heterocycles. The maximum absolute atomic E-state index is 13.3. The van der Waals surface area contributed by atoms with E-state index in [0.29, 0.717) is 6.42 Å². The van der Waals surface area contributed by atoms with E-state index in [0.717, 1.165) is 59.8 Å². The molecule has 8 unspecified atom stereocenters. The summed E-state index contributed by atoms with van der Waals surface area (Å²) in [5.41, 5.74) is 0. The van der Waals surface area contributed by atoms with Crippen molar-refractivity contribution in [2.75, 3.05) is 26.4 Å². The van der Waals surface area contributed by atoms with Crippen molar-refractivity contribution in [3.05, 3.63) is 24.3 Å². The molecule has 448 valence electrons. The van der Waals surface area contributed by atoms with Crippen molar-refractivity contribution in [1.29, 1.82) is 0 Å². The Morgan fingerprint density at radius 3 is 1.40 bits per heavy atom. The lowest BCUT2D eigenvalue weighted by Crippen LogP contribution is -2.71. The van der Waals surface area contributed by atoms with Gasteiger partial charge in [-0.2, -0.15) is 0 Å². The summed E-state index contributed by atoms with van der Waals surface area (Å²) in [6, 6.07) is -6.77. The molecule has 4 aliphatic heterocycles. The first-order chi connectivity index (χ1) is 36.9. The van der Waals surface area contributed by atoms with Crippen LogP contribution in [0.15, 0.2) is 24.3 Å². The van der Waals surface area contributed by atoms with Gasteiger partial charge in [-0.05, 0) is 44.6 Å². The molecule has 4 saturated heterocycles. The molecule has 0 radical (unpaired) electrons. The molecule has 0 aromatic heterocycles. The largest absolute Gasteiger partial charge is 0.726 e. The lowest BCUT2D eigenvalue weighted by molar-refractivity contribution is -0.361. The van der Waals surface area contributed by atoms with Crippen molar-refractivity contribution in [1.82, 2.24) is 21.3 Å². The summed E-state index contributed by atoms with van der Waals surface area (Å²) < 4.78 is 84.9. The van der Waals surface area contributed by atoms with Gasteiger partial charge >= 0.3 is 5.97 Å². The van der Waals surface area contributed by atoms with Gasteiger partial charge < -0.3 is 105 Å². The van der Waals surface area contributed by atoms with Crippen LogP contribution in [0, 0.1) is 0 Å². The van der Waals surface area contributed by atoms with E-state index in [1.165, 1.54) is 31.8 Å². The van der Waals surface area contributed by atoms with Gasteiger partial charge in [0.15, 0.2) is 25.2 Å². The topological polar surface area (TPSA) is 436 Å². The molecule has 0 bridgehead atoms. The van der Waals surface area contributed by atoms with Crippen LogP contribution < -0.4 is 21.3 Å². The van der Waals surface area contributed by atoms with Crippen molar-refractivity contribution < 1.29 is 120 Å². The molecule has 4 amide bonds. The summed E-state index contributed by atoms with van der Waals surface area (Å²) in [5, 5.41) is 99.2. The standard InChI is InChI=1S/C48H80N4O25S/c1-6-7-8-9-10-11-12-13-14-15-16-17-18-19-32(59)52-34-38(61)37(60)30(22-69-27(5)58)74-46(34)75-42-28(20-53)72-47(35(40(42)63)50-25(3)56)76-43-29(21-54)73-48(36(41(43)64)51-26(4)57)77-44-31(23-70-78(66,67)68)71-45(65)33(39(44)62)49-24(2)55/h11-12,18-19,28-31,33-48,53-54,60-65H,6-10,13-17,20-23H2,1-5H3,(H,49,55)(H,50,56)(H,51,57)(H,52,59)(H,66,67,68)/p-1/b12-11-,19-18+/t28-,29?,30?,31-,33?,34?,35?,36?,37+,38+,39?,40?,41+,42+,43+,44+,45+,46-,47-,48-/m0/s1. The molecular weight excluding hydrogens is 1060 g/mol. The second kappa shape index (κ2) is 32.5. The molecule has 20 atom stereocenters. The molecule has 0 spiro atoms. The average Bonchev–Trinajstić information content (AvgIpc) is 3.44. The van der Waals surface area contributed by atoms with E-state index in [1.54, 1.807) is 6.08 Å². The van der Waals surface area contributed by atoms with Crippen molar-refractivity contribution in [2.45, 2.75) is 221 Å². The summed E-state index contributed by atoms with van der Waals surface area (Å²) in [7, 11) is -5.41. The lowest BCUT2D eigenvalue weighted by atomic mass is 9.93. The fourth-order valence-corrected chi connectivity index (χ4v) is 9.59. The molecule has 0 aliphatic carbocycles. The number of rotatable bonds is 29. The molecule has 4 aliphatic rings. The fraction of sp³-hybridized carbons (Fsp3) is 0.812. The normalized spacial score (nSPS) is 35.5. The molecule has 4 fully saturated rings. The summed E-state index contributed by atoms with van der Waals surface area (Å²) in [4.78, 5) is 62.4. The Morgan fingerprint density at radius 2 is 0.949 bits per heavy atom. The number of aliphatic hydroxyl groups is 8. The zero-order chi connectivity index (χ0) is 57.9. The first-order valence-corrected chi connectivity index (χ1v) is 27.3. The molecule has 4 rings (SSSR count). The Balaban J connectivity index is 1.56. The maximum Gasteiger partial charge on any atom is 0.302 e. The van der Waals surface area contributed by atoms with Gasteiger partial charge in [-0.3, -0.25) is 28.2 Å². The number of carbonyl (C=O) groups is 5. The summed E-state index contributed by atoms with van der Waals surface area (Å²) in [6.07, 6.45) is -12.4. The van der Waals surface area contributed by atoms with E-state index < -0.39 is 189 Å². The third-order valence-corrected chi connectivity index (χ3v) is 13.5. The number of ether oxygens (including phenoxy) is 8. The third-order valence-electron chi connectivity index (χ3n) is 13.1. The zero-order valence-corrected chi connectivity index (χ0v) is 45.0. The van der Waals surface area contributed by atoms with Gasteiger partial charge in [-0.1, -0.05) is 50.8 Å². The number of amides is 4. The van der Waals surface area contributed by atoms with Crippen LogP contribution in [0.4, 0.5) is 0 Å². The highest BCUT2D eigenvalue weighted by Crippen LogP contribution is 2.35. The van der Waals surface area contributed by atoms with E-state index in [2.05, 4.69) is 44.5 Å². The Labute approximate surface area is 452 Å².